The highest BCUT2D eigenvalue weighted by atomic mass is 16.7. The zero-order valence-corrected chi connectivity index (χ0v) is 57.8. The van der Waals surface area contributed by atoms with E-state index >= 15 is 0 Å². The quantitative estimate of drug-likeness (QED) is 0.0223. The van der Waals surface area contributed by atoms with E-state index in [1.54, 1.807) is 6.92 Å². The lowest BCUT2D eigenvalue weighted by Gasteiger charge is -2.38. The van der Waals surface area contributed by atoms with E-state index in [1.165, 1.54) is 186 Å². The molecule has 0 aromatic carbocycles. The van der Waals surface area contributed by atoms with Crippen LogP contribution in [0.5, 0.6) is 0 Å². The molecule has 9 atom stereocenters. The van der Waals surface area contributed by atoms with Crippen LogP contribution < -0.4 is 16.0 Å². The van der Waals surface area contributed by atoms with Crippen molar-refractivity contribution in [3.05, 3.63) is 0 Å². The topological polar surface area (TPSA) is 216 Å². The van der Waals surface area contributed by atoms with Gasteiger partial charge in [0.1, 0.15) is 18.3 Å². The number of aliphatic hydroxyl groups excluding tert-OH is 4. The van der Waals surface area contributed by atoms with Crippen molar-refractivity contribution in [1.29, 1.82) is 0 Å². The molecule has 9 unspecified atom stereocenters. The lowest BCUT2D eigenvalue weighted by atomic mass is 10.0. The molecule has 1 rings (SSSR count). The number of hydrogen-bond donors (Lipinski definition) is 7. The predicted molar refractivity (Wildman–Crippen MR) is 355 cm³/mol. The lowest BCUT2D eigenvalue weighted by Crippen LogP contribution is -2.57. The predicted octanol–water partition coefficient (Wildman–Crippen LogP) is 14.6. The van der Waals surface area contributed by atoms with Crippen molar-refractivity contribution in [2.24, 2.45) is 5.92 Å². The number of aliphatic hydroxyl groups is 4. The SMILES string of the molecule is CCCCCCCCCCCCCCCCCCOC(C)C(OCCCCCCCCCCCCCCCCC)C(C)COC(O)NCCCCCC(=O)NCCC(C)(C)OCCC(C)(C)OCCNC(=O)CCCCOC1OC(C)C(O)C(O)C1O. The minimum Gasteiger partial charge on any atom is -0.388 e. The average Bonchev–Trinajstić information content (AvgIpc) is 3.17. The van der Waals surface area contributed by atoms with Crippen LogP contribution in [-0.2, 0) is 42.7 Å². The van der Waals surface area contributed by atoms with Gasteiger partial charge in [-0.25, -0.2) is 0 Å². The highest BCUT2D eigenvalue weighted by Crippen LogP contribution is 2.24. The second kappa shape index (κ2) is 56.0. The number of unbranched alkanes of at least 4 members (excludes halogenated alkanes) is 32. The largest absolute Gasteiger partial charge is 0.388 e. The molecule has 0 aromatic rings. The molecular formula is C71H141N3O13. The van der Waals surface area contributed by atoms with Crippen LogP contribution in [0.15, 0.2) is 0 Å². The van der Waals surface area contributed by atoms with Gasteiger partial charge in [0.25, 0.3) is 0 Å². The van der Waals surface area contributed by atoms with Crippen molar-refractivity contribution in [1.82, 2.24) is 16.0 Å². The summed E-state index contributed by atoms with van der Waals surface area (Å²) in [5.41, 5.74) is -0.891. The van der Waals surface area contributed by atoms with E-state index in [2.05, 4.69) is 43.6 Å². The number of carbonyl (C=O) groups is 2. The number of ether oxygens (including phenoxy) is 7. The summed E-state index contributed by atoms with van der Waals surface area (Å²) in [6.45, 7) is 22.9. The molecule has 7 N–H and O–H groups in total. The Labute approximate surface area is 533 Å². The monoisotopic (exact) mass is 1240 g/mol. The van der Waals surface area contributed by atoms with E-state index in [9.17, 15) is 30.0 Å². The van der Waals surface area contributed by atoms with Crippen LogP contribution in [0.2, 0.25) is 0 Å². The van der Waals surface area contributed by atoms with Crippen LogP contribution in [0.25, 0.3) is 0 Å². The summed E-state index contributed by atoms with van der Waals surface area (Å²) < 4.78 is 42.2. The Morgan fingerprint density at radius 2 is 0.874 bits per heavy atom. The van der Waals surface area contributed by atoms with Gasteiger partial charge in [0.2, 0.25) is 18.2 Å². The van der Waals surface area contributed by atoms with Crippen molar-refractivity contribution < 1.29 is 63.2 Å². The lowest BCUT2D eigenvalue weighted by molar-refractivity contribution is -0.293. The van der Waals surface area contributed by atoms with Gasteiger partial charge in [-0.2, -0.15) is 0 Å². The molecule has 0 bridgehead atoms. The van der Waals surface area contributed by atoms with Crippen LogP contribution >= 0.6 is 0 Å². The van der Waals surface area contributed by atoms with E-state index in [1.807, 2.05) is 27.7 Å². The average molecular weight is 1240 g/mol. The molecule has 1 aliphatic heterocycles. The Bertz CT molecular complexity index is 1550. The third-order valence-corrected chi connectivity index (χ3v) is 17.4. The van der Waals surface area contributed by atoms with Gasteiger partial charge in [-0.3, -0.25) is 14.9 Å². The standard InChI is InChI=1S/C71H141N3O13/c1-10-12-14-16-18-20-22-24-26-28-29-31-33-35-37-43-53-81-61(5)67(82-54-44-38-36-34-32-30-27-25-23-21-19-17-15-13-11-2)59(3)58-84-69(80)74-50-42-39-40-46-62(75)72-51-48-70(6,7)85-56-49-71(8,9)86-57-52-73-63(76)47-41-45-55-83-68-66(79)65(78)64(77)60(4)87-68/h59-61,64-69,74,77-80H,10-58H2,1-9H3,(H,72,75)(H,73,76). The van der Waals surface area contributed by atoms with Gasteiger partial charge in [-0.1, -0.05) is 213 Å². The van der Waals surface area contributed by atoms with Crippen LogP contribution in [0.3, 0.4) is 0 Å². The second-order valence-electron chi connectivity index (χ2n) is 27.0. The summed E-state index contributed by atoms with van der Waals surface area (Å²) in [6, 6.07) is 0. The first-order valence-electron chi connectivity index (χ1n) is 36.3. The smallest absolute Gasteiger partial charge is 0.220 e. The number of carbonyl (C=O) groups excluding carboxylic acids is 2. The fourth-order valence-electron chi connectivity index (χ4n) is 11.3. The molecule has 0 aromatic heterocycles. The third kappa shape index (κ3) is 48.8. The van der Waals surface area contributed by atoms with Gasteiger partial charge >= 0.3 is 0 Å². The van der Waals surface area contributed by atoms with Crippen molar-refractivity contribution in [3.8, 4) is 0 Å². The molecule has 87 heavy (non-hydrogen) atoms. The zero-order valence-electron chi connectivity index (χ0n) is 57.8. The minimum absolute atomic E-state index is 0.0234. The number of rotatable bonds is 64. The van der Waals surface area contributed by atoms with Gasteiger partial charge in [0.05, 0.1) is 49.3 Å². The zero-order chi connectivity index (χ0) is 64.1. The fraction of sp³-hybridized carbons (Fsp3) is 0.972. The Hall–Kier alpha value is -1.54. The molecule has 16 heteroatoms. The maximum atomic E-state index is 12.7. The van der Waals surface area contributed by atoms with Crippen LogP contribution in [0.4, 0.5) is 0 Å². The highest BCUT2D eigenvalue weighted by Gasteiger charge is 2.42. The molecule has 1 heterocycles. The van der Waals surface area contributed by atoms with E-state index in [0.717, 1.165) is 38.7 Å². The molecule has 1 fully saturated rings. The minimum atomic E-state index is -1.34. The van der Waals surface area contributed by atoms with Gasteiger partial charge in [0.15, 0.2) is 6.29 Å². The molecule has 16 nitrogen and oxygen atoms in total. The van der Waals surface area contributed by atoms with Crippen molar-refractivity contribution in [2.45, 2.75) is 380 Å². The summed E-state index contributed by atoms with van der Waals surface area (Å²) in [6.07, 6.45) is 40.6. The molecule has 518 valence electrons. The van der Waals surface area contributed by atoms with Crippen molar-refractivity contribution in [2.75, 3.05) is 59.3 Å². The van der Waals surface area contributed by atoms with E-state index in [4.69, 9.17) is 33.2 Å². The Kier molecular flexibility index (Phi) is 53.8. The van der Waals surface area contributed by atoms with Gasteiger partial charge in [-0.05, 0) is 99.5 Å². The highest BCUT2D eigenvalue weighted by molar-refractivity contribution is 5.76. The molecule has 1 saturated heterocycles. The van der Waals surface area contributed by atoms with E-state index < -0.39 is 48.3 Å². The molecule has 0 radical (unpaired) electrons. The van der Waals surface area contributed by atoms with E-state index in [-0.39, 0.29) is 36.5 Å². The van der Waals surface area contributed by atoms with Crippen molar-refractivity contribution in [3.63, 3.8) is 0 Å². The van der Waals surface area contributed by atoms with Crippen molar-refractivity contribution >= 4 is 11.8 Å². The molecule has 1 aliphatic rings. The first-order valence-corrected chi connectivity index (χ1v) is 36.3. The number of nitrogens with one attached hydrogen (secondary N) is 3. The normalized spacial score (nSPS) is 18.9. The summed E-state index contributed by atoms with van der Waals surface area (Å²) >= 11 is 0. The van der Waals surface area contributed by atoms with E-state index in [0.29, 0.717) is 84.6 Å². The molecule has 0 aliphatic carbocycles. The first-order chi connectivity index (χ1) is 41.9. The third-order valence-electron chi connectivity index (χ3n) is 17.4. The van der Waals surface area contributed by atoms with Crippen LogP contribution in [0.1, 0.15) is 319 Å². The second-order valence-corrected chi connectivity index (χ2v) is 27.0. The first kappa shape index (κ1) is 83.5. The summed E-state index contributed by atoms with van der Waals surface area (Å²) in [5, 5.41) is 49.6. The fourth-order valence-corrected chi connectivity index (χ4v) is 11.3. The Balaban J connectivity index is 2.28. The van der Waals surface area contributed by atoms with Gasteiger partial charge < -0.3 is 64.2 Å². The van der Waals surface area contributed by atoms with Gasteiger partial charge in [-0.15, -0.1) is 0 Å². The molecule has 0 saturated carbocycles. The Morgan fingerprint density at radius 3 is 1.38 bits per heavy atom. The van der Waals surface area contributed by atoms with Crippen LogP contribution in [-0.4, -0.2) is 152 Å². The van der Waals surface area contributed by atoms with Crippen LogP contribution in [0, 0.1) is 5.92 Å². The molecule has 2 amide bonds. The summed E-state index contributed by atoms with van der Waals surface area (Å²) in [5.74, 6) is -0.0269. The summed E-state index contributed by atoms with van der Waals surface area (Å²) in [7, 11) is 0. The number of amides is 2. The Morgan fingerprint density at radius 1 is 0.460 bits per heavy atom. The molecule has 0 spiro atoms. The van der Waals surface area contributed by atoms with Gasteiger partial charge in [0, 0.05) is 51.7 Å². The molecular weight excluding hydrogens is 1100 g/mol. The maximum Gasteiger partial charge on any atom is 0.220 e. The number of hydrogen-bond acceptors (Lipinski definition) is 14. The maximum absolute atomic E-state index is 12.7. The summed E-state index contributed by atoms with van der Waals surface area (Å²) in [4.78, 5) is 25.0.